The lowest BCUT2D eigenvalue weighted by molar-refractivity contribution is -0.141. The molecule has 0 bridgehead atoms. The molecule has 2 aromatic heterocycles. The van der Waals surface area contributed by atoms with E-state index in [0.29, 0.717) is 5.82 Å². The van der Waals surface area contributed by atoms with Crippen LogP contribution in [0.3, 0.4) is 0 Å². The highest BCUT2D eigenvalue weighted by Crippen LogP contribution is 2.37. The molecule has 0 spiro atoms. The Morgan fingerprint density at radius 2 is 1.81 bits per heavy atom. The largest absolute Gasteiger partial charge is 0.448 e. The van der Waals surface area contributed by atoms with Gasteiger partial charge in [0.05, 0.1) is 5.69 Å². The number of anilines is 1. The zero-order valence-electron chi connectivity index (χ0n) is 15.1. The molecule has 0 aromatic carbocycles. The van der Waals surface area contributed by atoms with Crippen LogP contribution in [0.5, 0.6) is 0 Å². The van der Waals surface area contributed by atoms with Gasteiger partial charge in [-0.1, -0.05) is 0 Å². The number of nitrogens with zero attached hydrogens (tertiary/aromatic N) is 5. The highest BCUT2D eigenvalue weighted by Gasteiger charge is 2.39. The zero-order chi connectivity index (χ0) is 19.0. The molecule has 4 rings (SSSR count). The standard InChI is InChI=1S/C18H22F3N5O/c1-12-15(24-11-27-12)9-25-6-4-14(5-7-25)26(13-2-3-13)17-8-16(18(19,20)21)22-10-23-17/h8,10-11,13-14H,2-7,9H2,1H3. The summed E-state index contributed by atoms with van der Waals surface area (Å²) in [6, 6.07) is 1.57. The topological polar surface area (TPSA) is 58.3 Å². The molecule has 27 heavy (non-hydrogen) atoms. The van der Waals surface area contributed by atoms with E-state index in [1.165, 1.54) is 6.39 Å². The second-order valence-corrected chi connectivity index (χ2v) is 7.26. The SMILES string of the molecule is Cc1ocnc1CN1CCC(N(c2cc(C(F)(F)F)ncn2)C2CC2)CC1. The number of halogens is 3. The lowest BCUT2D eigenvalue weighted by Gasteiger charge is -2.39. The minimum absolute atomic E-state index is 0.197. The van der Waals surface area contributed by atoms with Crippen molar-refractivity contribution in [3.8, 4) is 0 Å². The molecule has 2 fully saturated rings. The summed E-state index contributed by atoms with van der Waals surface area (Å²) < 4.78 is 44.3. The molecule has 146 valence electrons. The summed E-state index contributed by atoms with van der Waals surface area (Å²) in [6.45, 7) is 4.39. The lowest BCUT2D eigenvalue weighted by Crippen LogP contribution is -2.46. The van der Waals surface area contributed by atoms with Gasteiger partial charge in [-0.05, 0) is 32.6 Å². The van der Waals surface area contributed by atoms with Crippen LogP contribution in [0.1, 0.15) is 42.8 Å². The average Bonchev–Trinajstić information content (AvgIpc) is 3.39. The first-order chi connectivity index (χ1) is 12.9. The van der Waals surface area contributed by atoms with Gasteiger partial charge in [0, 0.05) is 37.8 Å². The fraction of sp³-hybridized carbons (Fsp3) is 0.611. The first-order valence-corrected chi connectivity index (χ1v) is 9.20. The molecule has 2 aromatic rings. The van der Waals surface area contributed by atoms with Crippen molar-refractivity contribution < 1.29 is 17.6 Å². The minimum Gasteiger partial charge on any atom is -0.448 e. The second-order valence-electron chi connectivity index (χ2n) is 7.26. The Hall–Kier alpha value is -2.16. The number of aryl methyl sites for hydroxylation is 1. The van der Waals surface area contributed by atoms with Crippen molar-refractivity contribution in [2.75, 3.05) is 18.0 Å². The van der Waals surface area contributed by atoms with E-state index in [0.717, 1.165) is 69.2 Å². The molecule has 0 radical (unpaired) electrons. The Morgan fingerprint density at radius 1 is 1.11 bits per heavy atom. The molecule has 0 unspecified atom stereocenters. The van der Waals surface area contributed by atoms with Crippen LogP contribution in [0.15, 0.2) is 23.2 Å². The molecule has 9 heteroatoms. The molecule has 0 N–H and O–H groups in total. The van der Waals surface area contributed by atoms with Gasteiger partial charge in [-0.2, -0.15) is 13.2 Å². The molecule has 0 atom stereocenters. The van der Waals surface area contributed by atoms with Crippen molar-refractivity contribution in [3.05, 3.63) is 35.9 Å². The van der Waals surface area contributed by atoms with Crippen molar-refractivity contribution in [1.82, 2.24) is 19.9 Å². The molecule has 6 nitrogen and oxygen atoms in total. The molecule has 3 heterocycles. The van der Waals surface area contributed by atoms with Gasteiger partial charge in [0.15, 0.2) is 6.39 Å². The smallest absolute Gasteiger partial charge is 0.433 e. The number of hydrogen-bond donors (Lipinski definition) is 0. The normalized spacial score (nSPS) is 19.4. The zero-order valence-corrected chi connectivity index (χ0v) is 15.1. The fourth-order valence-electron chi connectivity index (χ4n) is 3.72. The van der Waals surface area contributed by atoms with E-state index >= 15 is 0 Å². The molecule has 1 aliphatic carbocycles. The van der Waals surface area contributed by atoms with E-state index in [1.807, 2.05) is 6.92 Å². The molecule has 0 amide bonds. The van der Waals surface area contributed by atoms with Gasteiger partial charge in [-0.25, -0.2) is 15.0 Å². The predicted molar refractivity (Wildman–Crippen MR) is 92.1 cm³/mol. The van der Waals surface area contributed by atoms with Crippen LogP contribution in [0.2, 0.25) is 0 Å². The van der Waals surface area contributed by atoms with Crippen molar-refractivity contribution in [3.63, 3.8) is 0 Å². The lowest BCUT2D eigenvalue weighted by atomic mass is 10.0. The van der Waals surface area contributed by atoms with Gasteiger partial charge < -0.3 is 9.32 Å². The Kier molecular flexibility index (Phi) is 4.79. The number of hydrogen-bond acceptors (Lipinski definition) is 6. The van der Waals surface area contributed by atoms with E-state index in [-0.39, 0.29) is 12.1 Å². The molecule has 2 aliphatic rings. The number of piperidine rings is 1. The van der Waals surface area contributed by atoms with Gasteiger partial charge in [0.2, 0.25) is 0 Å². The number of alkyl halides is 3. The fourth-order valence-corrected chi connectivity index (χ4v) is 3.72. The van der Waals surface area contributed by atoms with Gasteiger partial charge in [-0.15, -0.1) is 0 Å². The Morgan fingerprint density at radius 3 is 2.41 bits per heavy atom. The Labute approximate surface area is 155 Å². The second kappa shape index (κ2) is 7.10. The van der Waals surface area contributed by atoms with Gasteiger partial charge >= 0.3 is 6.18 Å². The van der Waals surface area contributed by atoms with Crippen molar-refractivity contribution >= 4 is 5.82 Å². The van der Waals surface area contributed by atoms with Crippen LogP contribution in [0, 0.1) is 6.92 Å². The van der Waals surface area contributed by atoms with Crippen molar-refractivity contribution in [2.45, 2.75) is 57.4 Å². The quantitative estimate of drug-likeness (QED) is 0.791. The minimum atomic E-state index is -4.45. The number of aromatic nitrogens is 3. The van der Waals surface area contributed by atoms with E-state index in [9.17, 15) is 13.2 Å². The number of rotatable bonds is 5. The maximum absolute atomic E-state index is 13.0. The molecular formula is C18H22F3N5O. The van der Waals surface area contributed by atoms with E-state index < -0.39 is 11.9 Å². The van der Waals surface area contributed by atoms with E-state index in [4.69, 9.17) is 4.42 Å². The average molecular weight is 381 g/mol. The Bertz CT molecular complexity index is 781. The summed E-state index contributed by atoms with van der Waals surface area (Å²) in [5, 5.41) is 0. The molecular weight excluding hydrogens is 359 g/mol. The van der Waals surface area contributed by atoms with E-state index in [2.05, 4.69) is 24.8 Å². The third-order valence-corrected chi connectivity index (χ3v) is 5.32. The first-order valence-electron chi connectivity index (χ1n) is 9.20. The summed E-state index contributed by atoms with van der Waals surface area (Å²) in [5.41, 5.74) is 0.0650. The van der Waals surface area contributed by atoms with Crippen LogP contribution in [-0.2, 0) is 12.7 Å². The highest BCUT2D eigenvalue weighted by atomic mass is 19.4. The maximum Gasteiger partial charge on any atom is 0.433 e. The molecule has 1 aliphatic heterocycles. The van der Waals surface area contributed by atoms with Crippen molar-refractivity contribution in [1.29, 1.82) is 0 Å². The first kappa shape index (κ1) is 18.2. The van der Waals surface area contributed by atoms with Crippen LogP contribution in [0.4, 0.5) is 19.0 Å². The van der Waals surface area contributed by atoms with Gasteiger partial charge in [-0.3, -0.25) is 4.90 Å². The third kappa shape index (κ3) is 4.07. The predicted octanol–water partition coefficient (Wildman–Crippen LogP) is 3.43. The third-order valence-electron chi connectivity index (χ3n) is 5.32. The monoisotopic (exact) mass is 381 g/mol. The van der Waals surface area contributed by atoms with Crippen LogP contribution in [-0.4, -0.2) is 45.0 Å². The summed E-state index contributed by atoms with van der Waals surface area (Å²) in [7, 11) is 0. The van der Waals surface area contributed by atoms with Gasteiger partial charge in [0.1, 0.15) is 23.6 Å². The van der Waals surface area contributed by atoms with Crippen LogP contribution < -0.4 is 4.90 Å². The highest BCUT2D eigenvalue weighted by molar-refractivity contribution is 5.44. The molecule has 1 saturated carbocycles. The van der Waals surface area contributed by atoms with Crippen molar-refractivity contribution in [2.24, 2.45) is 0 Å². The van der Waals surface area contributed by atoms with Gasteiger partial charge in [0.25, 0.3) is 0 Å². The van der Waals surface area contributed by atoms with Crippen LogP contribution >= 0.6 is 0 Å². The number of oxazole rings is 1. The van der Waals surface area contributed by atoms with E-state index in [1.54, 1.807) is 0 Å². The Balaban J connectivity index is 1.44. The number of likely N-dealkylation sites (tertiary alicyclic amines) is 1. The molecule has 1 saturated heterocycles. The maximum atomic E-state index is 13.0. The van der Waals surface area contributed by atoms with Crippen LogP contribution in [0.25, 0.3) is 0 Å². The summed E-state index contributed by atoms with van der Waals surface area (Å²) >= 11 is 0. The summed E-state index contributed by atoms with van der Waals surface area (Å²) in [6.07, 6.45) is 1.81. The summed E-state index contributed by atoms with van der Waals surface area (Å²) in [5.74, 6) is 1.23. The summed E-state index contributed by atoms with van der Waals surface area (Å²) in [4.78, 5) is 16.2.